The van der Waals surface area contributed by atoms with E-state index in [1.54, 1.807) is 18.7 Å². The lowest BCUT2D eigenvalue weighted by molar-refractivity contribution is -0.138. The predicted molar refractivity (Wildman–Crippen MR) is 91.6 cm³/mol. The number of amides is 2. The van der Waals surface area contributed by atoms with Crippen molar-refractivity contribution in [3.05, 3.63) is 0 Å². The zero-order valence-electron chi connectivity index (χ0n) is 13.4. The Hall–Kier alpha value is -0.560. The van der Waals surface area contributed by atoms with Crippen LogP contribution in [0.15, 0.2) is 0 Å². The third-order valence-electron chi connectivity index (χ3n) is 4.03. The van der Waals surface area contributed by atoms with Crippen molar-refractivity contribution in [1.29, 1.82) is 0 Å². The Morgan fingerprint density at radius 2 is 1.41 bits per heavy atom. The van der Waals surface area contributed by atoms with Crippen LogP contribution < -0.4 is 5.73 Å². The van der Waals surface area contributed by atoms with Gasteiger partial charge in [0.1, 0.15) is 0 Å². The SMILES string of the molecule is CC(C)(N)C(=O)N1CCN(CC(=O)N2CCCC2)CC1.Cl.Cl. The van der Waals surface area contributed by atoms with Crippen molar-refractivity contribution in [3.8, 4) is 0 Å². The van der Waals surface area contributed by atoms with E-state index in [9.17, 15) is 9.59 Å². The molecule has 2 N–H and O–H groups in total. The molecule has 2 amide bonds. The fraction of sp³-hybridized carbons (Fsp3) is 0.857. The van der Waals surface area contributed by atoms with Gasteiger partial charge in [-0.1, -0.05) is 0 Å². The monoisotopic (exact) mass is 354 g/mol. The van der Waals surface area contributed by atoms with Crippen LogP contribution in [0.4, 0.5) is 0 Å². The molecule has 0 unspecified atom stereocenters. The number of carbonyl (C=O) groups is 2. The Morgan fingerprint density at radius 3 is 1.86 bits per heavy atom. The number of nitrogens with two attached hydrogens (primary N) is 1. The molecule has 2 heterocycles. The van der Waals surface area contributed by atoms with Crippen molar-refractivity contribution in [3.63, 3.8) is 0 Å². The Labute approximate surface area is 145 Å². The average molecular weight is 355 g/mol. The average Bonchev–Trinajstić information content (AvgIpc) is 2.91. The lowest BCUT2D eigenvalue weighted by Crippen LogP contribution is -2.57. The first-order valence-corrected chi connectivity index (χ1v) is 7.46. The van der Waals surface area contributed by atoms with Crippen LogP contribution in [0.25, 0.3) is 0 Å². The van der Waals surface area contributed by atoms with Gasteiger partial charge in [0.15, 0.2) is 0 Å². The number of carbonyl (C=O) groups excluding carboxylic acids is 2. The minimum atomic E-state index is -0.812. The Morgan fingerprint density at radius 1 is 0.909 bits per heavy atom. The molecule has 2 saturated heterocycles. The summed E-state index contributed by atoms with van der Waals surface area (Å²) in [5.41, 5.74) is 5.03. The van der Waals surface area contributed by atoms with Gasteiger partial charge in [-0.25, -0.2) is 0 Å². The van der Waals surface area contributed by atoms with Crippen molar-refractivity contribution >= 4 is 36.6 Å². The van der Waals surface area contributed by atoms with Crippen molar-refractivity contribution in [2.75, 3.05) is 45.8 Å². The number of piperazine rings is 1. The lowest BCUT2D eigenvalue weighted by Gasteiger charge is -2.37. The summed E-state index contributed by atoms with van der Waals surface area (Å²) in [6, 6.07) is 0. The second-order valence-electron chi connectivity index (χ2n) is 6.38. The number of rotatable bonds is 3. The van der Waals surface area contributed by atoms with Crippen molar-refractivity contribution in [2.45, 2.75) is 32.2 Å². The number of likely N-dealkylation sites (tertiary alicyclic amines) is 1. The van der Waals surface area contributed by atoms with Crippen LogP contribution in [-0.2, 0) is 9.59 Å². The highest BCUT2D eigenvalue weighted by atomic mass is 35.5. The minimum Gasteiger partial charge on any atom is -0.342 e. The maximum Gasteiger partial charge on any atom is 0.242 e. The quantitative estimate of drug-likeness (QED) is 0.792. The first kappa shape index (κ1) is 21.4. The molecule has 8 heteroatoms. The molecule has 130 valence electrons. The van der Waals surface area contributed by atoms with Crippen LogP contribution in [0, 0.1) is 0 Å². The molecule has 2 aliphatic rings. The van der Waals surface area contributed by atoms with Crippen molar-refractivity contribution in [2.24, 2.45) is 5.73 Å². The summed E-state index contributed by atoms with van der Waals surface area (Å²) in [7, 11) is 0. The maximum atomic E-state index is 12.1. The molecule has 0 aromatic rings. The second kappa shape index (κ2) is 8.91. The molecule has 0 atom stereocenters. The first-order valence-electron chi connectivity index (χ1n) is 7.46. The summed E-state index contributed by atoms with van der Waals surface area (Å²) in [5, 5.41) is 0. The number of halogens is 2. The fourth-order valence-electron chi connectivity index (χ4n) is 2.77. The summed E-state index contributed by atoms with van der Waals surface area (Å²) in [4.78, 5) is 30.0. The highest BCUT2D eigenvalue weighted by Gasteiger charge is 2.31. The van der Waals surface area contributed by atoms with Crippen molar-refractivity contribution < 1.29 is 9.59 Å². The van der Waals surface area contributed by atoms with Crippen LogP contribution in [0.5, 0.6) is 0 Å². The van der Waals surface area contributed by atoms with Gasteiger partial charge in [0.25, 0.3) is 0 Å². The Balaban J connectivity index is 0.00000220. The van der Waals surface area contributed by atoms with Gasteiger partial charge in [0.05, 0.1) is 12.1 Å². The number of hydrogen-bond acceptors (Lipinski definition) is 4. The van der Waals surface area contributed by atoms with Crippen LogP contribution in [0.3, 0.4) is 0 Å². The zero-order chi connectivity index (χ0) is 14.8. The van der Waals surface area contributed by atoms with Gasteiger partial charge in [0.2, 0.25) is 11.8 Å². The topological polar surface area (TPSA) is 69.9 Å². The van der Waals surface area contributed by atoms with Gasteiger partial charge in [-0.2, -0.15) is 0 Å². The highest BCUT2D eigenvalue weighted by molar-refractivity contribution is 5.86. The molecule has 0 aliphatic carbocycles. The summed E-state index contributed by atoms with van der Waals surface area (Å²) >= 11 is 0. The highest BCUT2D eigenvalue weighted by Crippen LogP contribution is 2.11. The van der Waals surface area contributed by atoms with E-state index in [0.29, 0.717) is 19.6 Å². The number of nitrogens with zero attached hydrogens (tertiary/aromatic N) is 3. The first-order chi connectivity index (χ1) is 9.38. The van der Waals surface area contributed by atoms with Gasteiger partial charge >= 0.3 is 0 Å². The van der Waals surface area contributed by atoms with Gasteiger partial charge in [-0.05, 0) is 26.7 Å². The smallest absolute Gasteiger partial charge is 0.242 e. The lowest BCUT2D eigenvalue weighted by atomic mass is 10.0. The normalized spacial score (nSPS) is 19.4. The van der Waals surface area contributed by atoms with E-state index >= 15 is 0 Å². The molecule has 0 aromatic heterocycles. The molecule has 2 fully saturated rings. The largest absolute Gasteiger partial charge is 0.342 e. The molecule has 6 nitrogen and oxygen atoms in total. The Kier molecular flexibility index (Phi) is 8.69. The summed E-state index contributed by atoms with van der Waals surface area (Å²) in [6.45, 7) is 8.57. The molecule has 0 spiro atoms. The zero-order valence-corrected chi connectivity index (χ0v) is 15.0. The van der Waals surface area contributed by atoms with Crippen LogP contribution in [0.1, 0.15) is 26.7 Å². The predicted octanol–water partition coefficient (Wildman–Crippen LogP) is 0.334. The molecular formula is C14H28Cl2N4O2. The van der Waals surface area contributed by atoms with Gasteiger partial charge in [0, 0.05) is 39.3 Å². The van der Waals surface area contributed by atoms with Crippen molar-refractivity contribution in [1.82, 2.24) is 14.7 Å². The second-order valence-corrected chi connectivity index (χ2v) is 6.38. The summed E-state index contributed by atoms with van der Waals surface area (Å²) < 4.78 is 0. The van der Waals surface area contributed by atoms with Gasteiger partial charge in [-0.15, -0.1) is 24.8 Å². The third kappa shape index (κ3) is 5.57. The molecule has 0 radical (unpaired) electrons. The molecule has 0 aromatic carbocycles. The minimum absolute atomic E-state index is 0. The molecule has 2 aliphatic heterocycles. The summed E-state index contributed by atoms with van der Waals surface area (Å²) in [6.07, 6.45) is 2.25. The van der Waals surface area contributed by atoms with E-state index in [0.717, 1.165) is 39.0 Å². The van der Waals surface area contributed by atoms with E-state index in [1.807, 2.05) is 4.90 Å². The molecular weight excluding hydrogens is 327 g/mol. The molecule has 0 bridgehead atoms. The maximum absolute atomic E-state index is 12.1. The van der Waals surface area contributed by atoms with Crippen LogP contribution in [-0.4, -0.2) is 77.9 Å². The number of hydrogen-bond donors (Lipinski definition) is 1. The van der Waals surface area contributed by atoms with E-state index in [1.165, 1.54) is 0 Å². The van der Waals surface area contributed by atoms with E-state index < -0.39 is 5.54 Å². The van der Waals surface area contributed by atoms with Crippen LogP contribution >= 0.6 is 24.8 Å². The van der Waals surface area contributed by atoms with Gasteiger partial charge in [-0.3, -0.25) is 14.5 Å². The third-order valence-corrected chi connectivity index (χ3v) is 4.03. The van der Waals surface area contributed by atoms with E-state index in [-0.39, 0.29) is 36.6 Å². The Bertz CT molecular complexity index is 374. The molecule has 2 rings (SSSR count). The van der Waals surface area contributed by atoms with Gasteiger partial charge < -0.3 is 15.5 Å². The van der Waals surface area contributed by atoms with E-state index in [2.05, 4.69) is 4.90 Å². The molecule has 22 heavy (non-hydrogen) atoms. The van der Waals surface area contributed by atoms with E-state index in [4.69, 9.17) is 5.73 Å². The fourth-order valence-corrected chi connectivity index (χ4v) is 2.77. The standard InChI is InChI=1S/C14H26N4O2.2ClH/c1-14(2,15)13(20)18-9-7-16(8-10-18)11-12(19)17-5-3-4-6-17;;/h3-11,15H2,1-2H3;2*1H. The molecule has 0 saturated carbocycles. The summed E-state index contributed by atoms with van der Waals surface area (Å²) in [5.74, 6) is 0.212. The van der Waals surface area contributed by atoms with Crippen LogP contribution in [0.2, 0.25) is 0 Å².